The number of nitrogens with one attached hydrogen (secondary N) is 1. The van der Waals surface area contributed by atoms with Crippen LogP contribution in [-0.4, -0.2) is 26.1 Å². The number of rotatable bonds is 3. The second kappa shape index (κ2) is 5.61. The topological polar surface area (TPSA) is 94.4 Å². The van der Waals surface area contributed by atoms with Gasteiger partial charge in [-0.05, 0) is 29.7 Å². The molecule has 0 saturated carbocycles. The van der Waals surface area contributed by atoms with E-state index in [-0.39, 0.29) is 30.2 Å². The zero-order valence-electron chi connectivity index (χ0n) is 12.9. The van der Waals surface area contributed by atoms with Crippen LogP contribution in [0.2, 0.25) is 0 Å². The molecule has 2 heterocycles. The fraction of sp³-hybridized carbons (Fsp3) is 0.235. The number of nitrogens with two attached hydrogens (primary N) is 1. The van der Waals surface area contributed by atoms with Crippen molar-refractivity contribution < 1.29 is 4.79 Å². The van der Waals surface area contributed by atoms with Crippen molar-refractivity contribution in [1.29, 1.82) is 0 Å². The molecule has 1 aliphatic carbocycles. The second-order valence-electron chi connectivity index (χ2n) is 5.97. The lowest BCUT2D eigenvalue weighted by Crippen LogP contribution is -2.43. The first kappa shape index (κ1) is 14.6. The van der Waals surface area contributed by atoms with Crippen molar-refractivity contribution in [2.45, 2.75) is 25.0 Å². The highest BCUT2D eigenvalue weighted by molar-refractivity contribution is 5.76. The van der Waals surface area contributed by atoms with Crippen LogP contribution >= 0.6 is 0 Å². The molecule has 0 radical (unpaired) electrons. The van der Waals surface area contributed by atoms with Crippen molar-refractivity contribution in [1.82, 2.24) is 19.5 Å². The lowest BCUT2D eigenvalue weighted by molar-refractivity contribution is -0.122. The molecule has 2 atom stereocenters. The van der Waals surface area contributed by atoms with Crippen LogP contribution in [0.5, 0.6) is 0 Å². The minimum absolute atomic E-state index is 0.125. The molecule has 1 aromatic carbocycles. The molecule has 1 amide bonds. The molecular formula is C17H17N5O2. The minimum Gasteiger partial charge on any atom is -0.350 e. The maximum atomic E-state index is 12.3. The maximum Gasteiger partial charge on any atom is 0.350 e. The number of hydrogen-bond donors (Lipinski definition) is 2. The maximum absolute atomic E-state index is 12.3. The molecular weight excluding hydrogens is 306 g/mol. The average Bonchev–Trinajstić information content (AvgIpc) is 3.06. The summed E-state index contributed by atoms with van der Waals surface area (Å²) in [4.78, 5) is 24.5. The Morgan fingerprint density at radius 3 is 2.83 bits per heavy atom. The van der Waals surface area contributed by atoms with Gasteiger partial charge in [-0.25, -0.2) is 9.48 Å². The number of pyridine rings is 1. The van der Waals surface area contributed by atoms with Gasteiger partial charge in [-0.3, -0.25) is 9.20 Å². The van der Waals surface area contributed by atoms with Crippen LogP contribution in [-0.2, 0) is 17.8 Å². The smallest absolute Gasteiger partial charge is 0.350 e. The van der Waals surface area contributed by atoms with Crippen molar-refractivity contribution in [3.63, 3.8) is 0 Å². The van der Waals surface area contributed by atoms with Gasteiger partial charge in [-0.2, -0.15) is 0 Å². The summed E-state index contributed by atoms with van der Waals surface area (Å²) in [5.41, 5.74) is 8.62. The number of fused-ring (bicyclic) bond motifs is 2. The van der Waals surface area contributed by atoms with Crippen molar-refractivity contribution in [2.75, 3.05) is 0 Å². The first-order valence-corrected chi connectivity index (χ1v) is 7.80. The SMILES string of the molecule is N[C@@H]1c2ccccc2C[C@H]1NC(=O)Cn1nc2ccccn2c1=O. The molecule has 2 aromatic heterocycles. The number of carbonyl (C=O) groups is 1. The van der Waals surface area contributed by atoms with E-state index in [0.717, 1.165) is 15.8 Å². The molecule has 3 aromatic rings. The van der Waals surface area contributed by atoms with Crippen molar-refractivity contribution in [3.05, 3.63) is 70.3 Å². The number of carbonyl (C=O) groups excluding carboxylic acids is 1. The Bertz CT molecular complexity index is 974. The molecule has 1 aliphatic rings. The minimum atomic E-state index is -0.334. The van der Waals surface area contributed by atoms with E-state index in [9.17, 15) is 9.59 Å². The van der Waals surface area contributed by atoms with Gasteiger partial charge in [0, 0.05) is 6.20 Å². The number of hydrogen-bond acceptors (Lipinski definition) is 4. The van der Waals surface area contributed by atoms with E-state index < -0.39 is 0 Å². The molecule has 0 bridgehead atoms. The van der Waals surface area contributed by atoms with Crippen molar-refractivity contribution in [2.24, 2.45) is 5.73 Å². The molecule has 24 heavy (non-hydrogen) atoms. The van der Waals surface area contributed by atoms with E-state index in [4.69, 9.17) is 5.73 Å². The van der Waals surface area contributed by atoms with Gasteiger partial charge >= 0.3 is 5.69 Å². The van der Waals surface area contributed by atoms with Crippen LogP contribution in [0.4, 0.5) is 0 Å². The standard InChI is InChI=1S/C17H17N5O2/c18-16-12-6-2-1-5-11(12)9-13(16)19-15(23)10-22-17(24)21-8-4-3-7-14(21)20-22/h1-8,13,16H,9-10,18H2,(H,19,23)/t13-,16-/m1/s1. The van der Waals surface area contributed by atoms with Gasteiger partial charge in [0.25, 0.3) is 0 Å². The van der Waals surface area contributed by atoms with E-state index in [1.807, 2.05) is 24.3 Å². The number of nitrogens with zero attached hydrogens (tertiary/aromatic N) is 3. The Kier molecular flexibility index (Phi) is 3.42. The van der Waals surface area contributed by atoms with Gasteiger partial charge in [0.1, 0.15) is 6.54 Å². The van der Waals surface area contributed by atoms with Crippen LogP contribution < -0.4 is 16.7 Å². The summed E-state index contributed by atoms with van der Waals surface area (Å²) < 4.78 is 2.57. The molecule has 122 valence electrons. The van der Waals surface area contributed by atoms with Crippen LogP contribution in [0.15, 0.2) is 53.5 Å². The summed E-state index contributed by atoms with van der Waals surface area (Å²) in [5.74, 6) is -0.270. The van der Waals surface area contributed by atoms with Gasteiger partial charge in [0.2, 0.25) is 5.91 Å². The molecule has 4 rings (SSSR count). The normalized spacial score (nSPS) is 19.4. The molecule has 0 saturated heterocycles. The number of benzene rings is 1. The Labute approximate surface area is 137 Å². The Morgan fingerprint density at radius 1 is 1.25 bits per heavy atom. The van der Waals surface area contributed by atoms with Gasteiger partial charge in [0.05, 0.1) is 12.1 Å². The zero-order valence-corrected chi connectivity index (χ0v) is 12.9. The lowest BCUT2D eigenvalue weighted by Gasteiger charge is -2.17. The largest absolute Gasteiger partial charge is 0.350 e. The first-order chi connectivity index (χ1) is 11.6. The molecule has 7 nitrogen and oxygen atoms in total. The van der Waals surface area contributed by atoms with E-state index in [0.29, 0.717) is 12.1 Å². The van der Waals surface area contributed by atoms with Gasteiger partial charge in [-0.15, -0.1) is 5.10 Å². The van der Waals surface area contributed by atoms with Crippen LogP contribution in [0.1, 0.15) is 17.2 Å². The summed E-state index contributed by atoms with van der Waals surface area (Å²) in [5, 5.41) is 7.08. The van der Waals surface area contributed by atoms with Crippen LogP contribution in [0.3, 0.4) is 0 Å². The number of amides is 1. The first-order valence-electron chi connectivity index (χ1n) is 7.80. The van der Waals surface area contributed by atoms with Gasteiger partial charge in [0.15, 0.2) is 5.65 Å². The third-order valence-electron chi connectivity index (χ3n) is 4.42. The van der Waals surface area contributed by atoms with Crippen LogP contribution in [0.25, 0.3) is 5.65 Å². The zero-order chi connectivity index (χ0) is 16.7. The molecule has 0 aliphatic heterocycles. The second-order valence-corrected chi connectivity index (χ2v) is 5.97. The Balaban J connectivity index is 1.49. The third kappa shape index (κ3) is 2.39. The summed E-state index contributed by atoms with van der Waals surface area (Å²) in [6.07, 6.45) is 2.33. The van der Waals surface area contributed by atoms with E-state index in [2.05, 4.69) is 10.4 Å². The Hall–Kier alpha value is -2.93. The van der Waals surface area contributed by atoms with Crippen molar-refractivity contribution in [3.8, 4) is 0 Å². The highest BCUT2D eigenvalue weighted by Crippen LogP contribution is 2.29. The monoisotopic (exact) mass is 323 g/mol. The quantitative estimate of drug-likeness (QED) is 0.722. The Morgan fingerprint density at radius 2 is 2.04 bits per heavy atom. The molecule has 0 fully saturated rings. The summed E-state index contributed by atoms with van der Waals surface area (Å²) in [6, 6.07) is 12.8. The van der Waals surface area contributed by atoms with E-state index >= 15 is 0 Å². The highest BCUT2D eigenvalue weighted by Gasteiger charge is 2.30. The fourth-order valence-corrected chi connectivity index (χ4v) is 3.23. The summed E-state index contributed by atoms with van der Waals surface area (Å²) >= 11 is 0. The summed E-state index contributed by atoms with van der Waals surface area (Å²) in [7, 11) is 0. The lowest BCUT2D eigenvalue weighted by atomic mass is 10.1. The molecule has 7 heteroatoms. The van der Waals surface area contributed by atoms with Gasteiger partial charge < -0.3 is 11.1 Å². The predicted octanol–water partition coefficient (Wildman–Crippen LogP) is 0.237. The van der Waals surface area contributed by atoms with Crippen molar-refractivity contribution >= 4 is 11.6 Å². The highest BCUT2D eigenvalue weighted by atomic mass is 16.2. The third-order valence-corrected chi connectivity index (χ3v) is 4.42. The van der Waals surface area contributed by atoms with Crippen LogP contribution in [0, 0.1) is 0 Å². The fourth-order valence-electron chi connectivity index (χ4n) is 3.23. The predicted molar refractivity (Wildman–Crippen MR) is 88.5 cm³/mol. The molecule has 3 N–H and O–H groups in total. The summed E-state index contributed by atoms with van der Waals surface area (Å²) in [6.45, 7) is -0.125. The number of aromatic nitrogens is 3. The van der Waals surface area contributed by atoms with Gasteiger partial charge in [-0.1, -0.05) is 30.3 Å². The van der Waals surface area contributed by atoms with E-state index in [1.165, 1.54) is 4.40 Å². The van der Waals surface area contributed by atoms with E-state index in [1.54, 1.807) is 24.4 Å². The molecule has 0 unspecified atom stereocenters. The molecule has 0 spiro atoms. The average molecular weight is 323 g/mol.